The van der Waals surface area contributed by atoms with Gasteiger partial charge in [0.05, 0.1) is 26.1 Å². The molecular formula is C25H27N5O4. The minimum atomic E-state index is -0.310. The van der Waals surface area contributed by atoms with Crippen LogP contribution in [0.5, 0.6) is 11.5 Å². The van der Waals surface area contributed by atoms with Gasteiger partial charge in [-0.25, -0.2) is 9.67 Å². The van der Waals surface area contributed by atoms with E-state index in [0.29, 0.717) is 35.5 Å². The largest absolute Gasteiger partial charge is 0.493 e. The molecule has 0 aliphatic rings. The zero-order valence-corrected chi connectivity index (χ0v) is 19.7. The Morgan fingerprint density at radius 2 is 1.82 bits per heavy atom. The third-order valence-electron chi connectivity index (χ3n) is 5.79. The van der Waals surface area contributed by atoms with Crippen molar-refractivity contribution in [2.75, 3.05) is 20.8 Å². The number of nitrogens with zero attached hydrogens (tertiary/aromatic N) is 4. The fourth-order valence-electron chi connectivity index (χ4n) is 3.70. The fourth-order valence-corrected chi connectivity index (χ4v) is 3.70. The highest BCUT2D eigenvalue weighted by molar-refractivity contribution is 5.78. The van der Waals surface area contributed by atoms with Gasteiger partial charge in [-0.05, 0) is 61.2 Å². The number of amides is 1. The molecular weight excluding hydrogens is 434 g/mol. The highest BCUT2D eigenvalue weighted by atomic mass is 16.5. The Balaban J connectivity index is 1.43. The zero-order chi connectivity index (χ0) is 24.2. The zero-order valence-electron chi connectivity index (χ0n) is 19.7. The Hall–Kier alpha value is -4.14. The summed E-state index contributed by atoms with van der Waals surface area (Å²) < 4.78 is 13.5. The number of ether oxygens (including phenoxy) is 2. The van der Waals surface area contributed by atoms with E-state index in [1.807, 2.05) is 50.2 Å². The lowest BCUT2D eigenvalue weighted by atomic mass is 10.1. The van der Waals surface area contributed by atoms with Crippen LogP contribution >= 0.6 is 0 Å². The summed E-state index contributed by atoms with van der Waals surface area (Å²) >= 11 is 0. The van der Waals surface area contributed by atoms with E-state index < -0.39 is 0 Å². The summed E-state index contributed by atoms with van der Waals surface area (Å²) in [6.45, 7) is 4.36. The van der Waals surface area contributed by atoms with Gasteiger partial charge in [0.15, 0.2) is 17.1 Å². The molecule has 34 heavy (non-hydrogen) atoms. The van der Waals surface area contributed by atoms with Crippen molar-refractivity contribution in [3.63, 3.8) is 0 Å². The van der Waals surface area contributed by atoms with E-state index in [-0.39, 0.29) is 18.0 Å². The van der Waals surface area contributed by atoms with Crippen molar-refractivity contribution < 1.29 is 14.3 Å². The molecule has 0 radical (unpaired) electrons. The molecule has 1 amide bonds. The smallest absolute Gasteiger partial charge is 0.264 e. The van der Waals surface area contributed by atoms with Gasteiger partial charge in [-0.1, -0.05) is 12.1 Å². The first kappa shape index (κ1) is 23.0. The number of carbonyl (C=O) groups is 1. The summed E-state index contributed by atoms with van der Waals surface area (Å²) in [5, 5.41) is 7.55. The number of hydrogen-bond donors (Lipinski definition) is 1. The van der Waals surface area contributed by atoms with E-state index in [9.17, 15) is 9.59 Å². The van der Waals surface area contributed by atoms with Gasteiger partial charge >= 0.3 is 0 Å². The van der Waals surface area contributed by atoms with E-state index in [2.05, 4.69) is 15.4 Å². The number of fused-ring (bicyclic) bond motifs is 1. The topological polar surface area (TPSA) is 100 Å². The quantitative estimate of drug-likeness (QED) is 0.433. The van der Waals surface area contributed by atoms with Crippen molar-refractivity contribution in [1.82, 2.24) is 24.6 Å². The van der Waals surface area contributed by atoms with Gasteiger partial charge in [0, 0.05) is 6.54 Å². The van der Waals surface area contributed by atoms with Gasteiger partial charge in [-0.2, -0.15) is 5.10 Å². The van der Waals surface area contributed by atoms with E-state index >= 15 is 0 Å². The molecule has 9 heteroatoms. The molecule has 0 aliphatic heterocycles. The van der Waals surface area contributed by atoms with Crippen LogP contribution in [0.1, 0.15) is 16.7 Å². The normalized spacial score (nSPS) is 10.9. The average Bonchev–Trinajstić information content (AvgIpc) is 3.27. The Kier molecular flexibility index (Phi) is 6.62. The van der Waals surface area contributed by atoms with Crippen molar-refractivity contribution in [2.45, 2.75) is 26.8 Å². The first-order valence-electron chi connectivity index (χ1n) is 10.9. The molecule has 0 atom stereocenters. The number of rotatable bonds is 8. The lowest BCUT2D eigenvalue weighted by molar-refractivity contribution is -0.121. The second-order valence-corrected chi connectivity index (χ2v) is 8.03. The number of aryl methyl sites for hydroxylation is 2. The molecule has 2 aromatic heterocycles. The maximum Gasteiger partial charge on any atom is 0.264 e. The molecule has 2 heterocycles. The van der Waals surface area contributed by atoms with Crippen molar-refractivity contribution in [3.05, 3.63) is 76.0 Å². The van der Waals surface area contributed by atoms with Gasteiger partial charge in [0.2, 0.25) is 5.91 Å². The maximum atomic E-state index is 12.9. The molecule has 0 saturated carbocycles. The Bertz CT molecular complexity index is 1410. The predicted molar refractivity (Wildman–Crippen MR) is 129 cm³/mol. The minimum Gasteiger partial charge on any atom is -0.493 e. The van der Waals surface area contributed by atoms with E-state index in [1.165, 1.54) is 22.7 Å². The van der Waals surface area contributed by atoms with Crippen LogP contribution in [0.4, 0.5) is 0 Å². The summed E-state index contributed by atoms with van der Waals surface area (Å²) in [6.07, 6.45) is 3.49. The molecule has 0 unspecified atom stereocenters. The number of nitrogens with one attached hydrogen (secondary N) is 1. The monoisotopic (exact) mass is 461 g/mol. The Morgan fingerprint density at radius 3 is 2.56 bits per heavy atom. The van der Waals surface area contributed by atoms with Gasteiger partial charge < -0.3 is 14.8 Å². The van der Waals surface area contributed by atoms with Crippen molar-refractivity contribution in [3.8, 4) is 17.2 Å². The summed E-state index contributed by atoms with van der Waals surface area (Å²) in [5.41, 5.74) is 4.27. The second-order valence-electron chi connectivity index (χ2n) is 8.03. The third kappa shape index (κ3) is 4.63. The highest BCUT2D eigenvalue weighted by Crippen LogP contribution is 2.27. The predicted octanol–water partition coefficient (Wildman–Crippen LogP) is 2.58. The fraction of sp³-hybridized carbons (Fsp3) is 0.280. The lowest BCUT2D eigenvalue weighted by Crippen LogP contribution is -2.33. The van der Waals surface area contributed by atoms with Crippen LogP contribution in [0, 0.1) is 13.8 Å². The van der Waals surface area contributed by atoms with Gasteiger partial charge in [-0.15, -0.1) is 0 Å². The van der Waals surface area contributed by atoms with Crippen LogP contribution in [-0.4, -0.2) is 46.0 Å². The number of methoxy groups -OCH3 is 2. The van der Waals surface area contributed by atoms with Gasteiger partial charge in [0.25, 0.3) is 5.56 Å². The van der Waals surface area contributed by atoms with Gasteiger partial charge in [-0.3, -0.25) is 14.2 Å². The third-order valence-corrected chi connectivity index (χ3v) is 5.79. The Labute approximate surface area is 197 Å². The van der Waals surface area contributed by atoms with Crippen LogP contribution < -0.4 is 20.3 Å². The highest BCUT2D eigenvalue weighted by Gasteiger charge is 2.14. The molecule has 0 aliphatic carbocycles. The SMILES string of the molecule is COc1ccc(CCNC(=O)Cn2cnc3c(cnn3-c3ccc(C)c(C)c3)c2=O)cc1OC. The van der Waals surface area contributed by atoms with Crippen molar-refractivity contribution in [2.24, 2.45) is 0 Å². The first-order valence-corrected chi connectivity index (χ1v) is 10.9. The Morgan fingerprint density at radius 1 is 1.03 bits per heavy atom. The van der Waals surface area contributed by atoms with E-state index in [1.54, 1.807) is 18.9 Å². The number of benzene rings is 2. The number of hydrogen-bond acceptors (Lipinski definition) is 6. The molecule has 0 saturated heterocycles. The molecule has 176 valence electrons. The van der Waals surface area contributed by atoms with E-state index in [0.717, 1.165) is 16.8 Å². The van der Waals surface area contributed by atoms with Crippen LogP contribution in [0.2, 0.25) is 0 Å². The first-order chi connectivity index (χ1) is 16.4. The molecule has 0 spiro atoms. The molecule has 4 rings (SSSR count). The minimum absolute atomic E-state index is 0.122. The summed E-state index contributed by atoms with van der Waals surface area (Å²) in [5.74, 6) is 1.02. The summed E-state index contributed by atoms with van der Waals surface area (Å²) in [7, 11) is 3.16. The summed E-state index contributed by atoms with van der Waals surface area (Å²) in [6, 6.07) is 11.6. The summed E-state index contributed by atoms with van der Waals surface area (Å²) in [4.78, 5) is 29.8. The second kappa shape index (κ2) is 9.78. The van der Waals surface area contributed by atoms with Gasteiger partial charge in [0.1, 0.15) is 18.3 Å². The van der Waals surface area contributed by atoms with Crippen LogP contribution in [0.3, 0.4) is 0 Å². The van der Waals surface area contributed by atoms with Crippen molar-refractivity contribution in [1.29, 1.82) is 0 Å². The standard InChI is InChI=1S/C25H27N5O4/c1-16-5-7-19(11-17(16)2)30-24-20(13-28-30)25(32)29(15-27-24)14-23(31)26-10-9-18-6-8-21(33-3)22(12-18)34-4/h5-8,11-13,15H,9-10,14H2,1-4H3,(H,26,31). The van der Waals surface area contributed by atoms with E-state index in [4.69, 9.17) is 9.47 Å². The molecule has 9 nitrogen and oxygen atoms in total. The molecule has 2 aromatic carbocycles. The van der Waals surface area contributed by atoms with Crippen molar-refractivity contribution >= 4 is 16.9 Å². The average molecular weight is 462 g/mol. The van der Waals surface area contributed by atoms with Crippen LogP contribution in [-0.2, 0) is 17.8 Å². The molecule has 0 fully saturated rings. The number of aromatic nitrogens is 4. The van der Waals surface area contributed by atoms with Crippen LogP contribution in [0.15, 0.2) is 53.7 Å². The molecule has 4 aromatic rings. The maximum absolute atomic E-state index is 12.9. The molecule has 0 bridgehead atoms. The lowest BCUT2D eigenvalue weighted by Gasteiger charge is -2.10. The molecule has 1 N–H and O–H groups in total. The van der Waals surface area contributed by atoms with Crippen LogP contribution in [0.25, 0.3) is 16.7 Å². The number of carbonyl (C=O) groups excluding carboxylic acids is 1.